The molecule has 1 aliphatic heterocycles. The number of piperazine rings is 1. The Morgan fingerprint density at radius 3 is 2.82 bits per heavy atom. The number of anilines is 1. The number of hydrogen-bond acceptors (Lipinski definition) is 5. The minimum atomic E-state index is 0.0886. The van der Waals surface area contributed by atoms with Gasteiger partial charge in [-0.25, -0.2) is 4.98 Å². The number of nitrogens with zero attached hydrogens (tertiary/aromatic N) is 4. The number of rotatable bonds is 4. The van der Waals surface area contributed by atoms with Gasteiger partial charge in [0.05, 0.1) is 18.2 Å². The first-order valence-electron chi connectivity index (χ1n) is 9.94. The van der Waals surface area contributed by atoms with E-state index < -0.39 is 0 Å². The monoisotopic (exact) mass is 375 g/mol. The van der Waals surface area contributed by atoms with Crippen LogP contribution in [0.3, 0.4) is 0 Å². The molecular formula is C22H25N5O. The Bertz CT molecular complexity index is 882. The van der Waals surface area contributed by atoms with Gasteiger partial charge < -0.3 is 10.2 Å². The topological polar surface area (TPSA) is 72.3 Å². The Kier molecular flexibility index (Phi) is 5.54. The van der Waals surface area contributed by atoms with Crippen molar-refractivity contribution in [3.63, 3.8) is 0 Å². The van der Waals surface area contributed by atoms with E-state index >= 15 is 0 Å². The number of nitriles is 1. The molecule has 28 heavy (non-hydrogen) atoms. The van der Waals surface area contributed by atoms with E-state index in [1.54, 1.807) is 18.3 Å². The zero-order valence-electron chi connectivity index (χ0n) is 16.0. The summed E-state index contributed by atoms with van der Waals surface area (Å²) < 4.78 is 0. The number of pyridine rings is 1. The molecule has 1 N–H and O–H groups in total. The number of nitrogens with one attached hydrogen (secondary N) is 1. The number of benzene rings is 1. The summed E-state index contributed by atoms with van der Waals surface area (Å²) >= 11 is 0. The lowest BCUT2D eigenvalue weighted by molar-refractivity contribution is -0.123. The lowest BCUT2D eigenvalue weighted by atomic mass is 9.88. The molecule has 144 valence electrons. The number of aromatic nitrogens is 1. The molecule has 1 amide bonds. The lowest BCUT2D eigenvalue weighted by Crippen LogP contribution is -2.50. The fraction of sp³-hybridized carbons (Fsp3) is 0.409. The highest BCUT2D eigenvalue weighted by atomic mass is 16.2. The van der Waals surface area contributed by atoms with Gasteiger partial charge in [-0.2, -0.15) is 5.26 Å². The third-order valence-corrected chi connectivity index (χ3v) is 5.65. The van der Waals surface area contributed by atoms with Gasteiger partial charge in [0.2, 0.25) is 5.91 Å². The molecule has 6 nitrogen and oxygen atoms in total. The molecule has 2 aromatic rings. The highest BCUT2D eigenvalue weighted by Crippen LogP contribution is 2.29. The Morgan fingerprint density at radius 1 is 1.18 bits per heavy atom. The average molecular weight is 375 g/mol. The molecular weight excluding hydrogens is 350 g/mol. The fourth-order valence-electron chi connectivity index (χ4n) is 4.20. The standard InChI is InChI=1S/C22H25N5O/c23-15-18-7-4-10-24-22(18)27-13-11-26(12-14-27)16-21(28)25-20-9-3-6-17-5-1-2-8-19(17)20/h1-2,4-5,7-8,10,20H,3,6,9,11-14,16H2,(H,25,28)/t20-/m0/s1. The van der Waals surface area contributed by atoms with Crippen LogP contribution in [0.2, 0.25) is 0 Å². The van der Waals surface area contributed by atoms with E-state index in [1.165, 1.54) is 11.1 Å². The van der Waals surface area contributed by atoms with Gasteiger partial charge in [0.15, 0.2) is 0 Å². The molecule has 2 heterocycles. The fourth-order valence-corrected chi connectivity index (χ4v) is 4.20. The Labute approximate surface area is 165 Å². The number of aryl methyl sites for hydroxylation is 1. The van der Waals surface area contributed by atoms with Crippen molar-refractivity contribution in [1.82, 2.24) is 15.2 Å². The molecule has 6 heteroatoms. The van der Waals surface area contributed by atoms with Gasteiger partial charge in [-0.1, -0.05) is 24.3 Å². The van der Waals surface area contributed by atoms with Gasteiger partial charge in [-0.15, -0.1) is 0 Å². The van der Waals surface area contributed by atoms with Crippen molar-refractivity contribution in [1.29, 1.82) is 5.26 Å². The quantitative estimate of drug-likeness (QED) is 0.888. The van der Waals surface area contributed by atoms with Crippen molar-refractivity contribution in [2.45, 2.75) is 25.3 Å². The minimum Gasteiger partial charge on any atom is -0.353 e. The Morgan fingerprint density at radius 2 is 2.00 bits per heavy atom. The number of carbonyl (C=O) groups excluding carboxylic acids is 1. The number of amides is 1. The van der Waals surface area contributed by atoms with Gasteiger partial charge in [0.25, 0.3) is 0 Å². The number of hydrogen-bond donors (Lipinski definition) is 1. The van der Waals surface area contributed by atoms with E-state index in [1.807, 2.05) is 0 Å². The third kappa shape index (κ3) is 4.00. The zero-order chi connectivity index (χ0) is 19.3. The smallest absolute Gasteiger partial charge is 0.234 e. The second-order valence-corrected chi connectivity index (χ2v) is 7.46. The molecule has 0 spiro atoms. The van der Waals surface area contributed by atoms with Crippen LogP contribution in [-0.2, 0) is 11.2 Å². The SMILES string of the molecule is N#Cc1cccnc1N1CCN(CC(=O)N[C@H]2CCCc3ccccc32)CC1. The molecule has 1 atom stereocenters. The Hall–Kier alpha value is -2.91. The second kappa shape index (κ2) is 8.41. The Balaban J connectivity index is 1.31. The summed E-state index contributed by atoms with van der Waals surface area (Å²) in [6, 6.07) is 14.3. The van der Waals surface area contributed by atoms with Gasteiger partial charge in [0, 0.05) is 32.4 Å². The van der Waals surface area contributed by atoms with Crippen molar-refractivity contribution >= 4 is 11.7 Å². The number of carbonyl (C=O) groups is 1. The largest absolute Gasteiger partial charge is 0.353 e. The lowest BCUT2D eigenvalue weighted by Gasteiger charge is -2.35. The van der Waals surface area contributed by atoms with E-state index in [4.69, 9.17) is 0 Å². The molecule has 1 aromatic heterocycles. The number of fused-ring (bicyclic) bond motifs is 1. The van der Waals surface area contributed by atoms with Crippen molar-refractivity contribution in [3.8, 4) is 6.07 Å². The average Bonchev–Trinajstić information content (AvgIpc) is 2.74. The van der Waals surface area contributed by atoms with E-state index in [2.05, 4.69) is 50.4 Å². The molecule has 1 aromatic carbocycles. The summed E-state index contributed by atoms with van der Waals surface area (Å²) in [7, 11) is 0. The van der Waals surface area contributed by atoms with Crippen LogP contribution in [0.25, 0.3) is 0 Å². The van der Waals surface area contributed by atoms with Crippen LogP contribution in [0.15, 0.2) is 42.6 Å². The van der Waals surface area contributed by atoms with Crippen LogP contribution in [0.5, 0.6) is 0 Å². The van der Waals surface area contributed by atoms with E-state index in [0.717, 1.165) is 51.3 Å². The van der Waals surface area contributed by atoms with Gasteiger partial charge >= 0.3 is 0 Å². The van der Waals surface area contributed by atoms with Crippen molar-refractivity contribution in [2.75, 3.05) is 37.6 Å². The molecule has 0 bridgehead atoms. The maximum atomic E-state index is 12.6. The molecule has 1 fully saturated rings. The van der Waals surface area contributed by atoms with Crippen LogP contribution >= 0.6 is 0 Å². The van der Waals surface area contributed by atoms with E-state index in [9.17, 15) is 10.1 Å². The summed E-state index contributed by atoms with van der Waals surface area (Å²) in [5.74, 6) is 0.832. The predicted octanol–water partition coefficient (Wildman–Crippen LogP) is 2.27. The summed E-state index contributed by atoms with van der Waals surface area (Å²) in [4.78, 5) is 21.3. The molecule has 0 saturated carbocycles. The summed E-state index contributed by atoms with van der Waals surface area (Å²) in [6.07, 6.45) is 4.94. The van der Waals surface area contributed by atoms with Crippen LogP contribution in [0, 0.1) is 11.3 Å². The molecule has 1 aliphatic carbocycles. The predicted molar refractivity (Wildman–Crippen MR) is 108 cm³/mol. The highest BCUT2D eigenvalue weighted by Gasteiger charge is 2.24. The summed E-state index contributed by atoms with van der Waals surface area (Å²) in [6.45, 7) is 3.53. The first-order valence-corrected chi connectivity index (χ1v) is 9.94. The van der Waals surface area contributed by atoms with Crippen LogP contribution < -0.4 is 10.2 Å². The maximum absolute atomic E-state index is 12.6. The van der Waals surface area contributed by atoms with Crippen molar-refractivity contribution in [3.05, 3.63) is 59.3 Å². The minimum absolute atomic E-state index is 0.0886. The van der Waals surface area contributed by atoms with E-state index in [-0.39, 0.29) is 11.9 Å². The van der Waals surface area contributed by atoms with Gasteiger partial charge in [-0.05, 0) is 42.5 Å². The highest BCUT2D eigenvalue weighted by molar-refractivity contribution is 5.78. The van der Waals surface area contributed by atoms with Crippen molar-refractivity contribution < 1.29 is 4.79 Å². The normalized spacial score (nSPS) is 19.5. The molecule has 4 rings (SSSR count). The van der Waals surface area contributed by atoms with Gasteiger partial charge in [-0.3, -0.25) is 9.69 Å². The van der Waals surface area contributed by atoms with Crippen LogP contribution in [-0.4, -0.2) is 48.5 Å². The van der Waals surface area contributed by atoms with E-state index in [0.29, 0.717) is 12.1 Å². The molecule has 1 saturated heterocycles. The zero-order valence-corrected chi connectivity index (χ0v) is 16.0. The first kappa shape index (κ1) is 18.5. The third-order valence-electron chi connectivity index (χ3n) is 5.65. The molecule has 0 radical (unpaired) electrons. The summed E-state index contributed by atoms with van der Waals surface area (Å²) in [5.41, 5.74) is 3.23. The van der Waals surface area contributed by atoms with Crippen LogP contribution in [0.1, 0.15) is 35.6 Å². The maximum Gasteiger partial charge on any atom is 0.234 e. The second-order valence-electron chi connectivity index (χ2n) is 7.46. The molecule has 2 aliphatic rings. The van der Waals surface area contributed by atoms with Crippen LogP contribution in [0.4, 0.5) is 5.82 Å². The summed E-state index contributed by atoms with van der Waals surface area (Å²) in [5, 5.41) is 12.5. The molecule has 0 unspecified atom stereocenters. The first-order chi connectivity index (χ1) is 13.7. The van der Waals surface area contributed by atoms with Gasteiger partial charge in [0.1, 0.15) is 11.9 Å². The van der Waals surface area contributed by atoms with Crippen molar-refractivity contribution in [2.24, 2.45) is 0 Å².